The number of rotatable bonds is 8. The monoisotopic (exact) mass is 282 g/mol. The number of hydrogen-bond acceptors (Lipinski definition) is 2. The van der Waals surface area contributed by atoms with Gasteiger partial charge in [-0.2, -0.15) is 0 Å². The van der Waals surface area contributed by atoms with Crippen LogP contribution in [0.1, 0.15) is 71.6 Å². The third-order valence-electron chi connectivity index (χ3n) is 4.04. The topological polar surface area (TPSA) is 49.4 Å². The van der Waals surface area contributed by atoms with Gasteiger partial charge in [0.1, 0.15) is 6.04 Å². The summed E-state index contributed by atoms with van der Waals surface area (Å²) in [6.45, 7) is 5.24. The van der Waals surface area contributed by atoms with E-state index in [9.17, 15) is 9.59 Å². The third kappa shape index (κ3) is 5.93. The molecule has 1 heterocycles. The summed E-state index contributed by atoms with van der Waals surface area (Å²) in [4.78, 5) is 25.4. The Bertz CT molecular complexity index is 305. The molecule has 0 bridgehead atoms. The molecule has 4 nitrogen and oxygen atoms in total. The molecule has 4 heteroatoms. The quantitative estimate of drug-likeness (QED) is 0.696. The Morgan fingerprint density at radius 3 is 2.50 bits per heavy atom. The number of likely N-dealkylation sites (tertiary alicyclic amines) is 1. The van der Waals surface area contributed by atoms with Crippen LogP contribution in [0.15, 0.2) is 0 Å². The Morgan fingerprint density at radius 1 is 1.10 bits per heavy atom. The number of piperidine rings is 1. The molecule has 0 radical (unpaired) electrons. The Balaban J connectivity index is 2.19. The predicted molar refractivity (Wildman–Crippen MR) is 81.4 cm³/mol. The summed E-state index contributed by atoms with van der Waals surface area (Å²) < 4.78 is 0. The second kappa shape index (κ2) is 9.78. The van der Waals surface area contributed by atoms with E-state index in [-0.39, 0.29) is 17.9 Å². The summed E-state index contributed by atoms with van der Waals surface area (Å²) in [5.41, 5.74) is 0. The number of amides is 2. The van der Waals surface area contributed by atoms with Gasteiger partial charge < -0.3 is 10.2 Å². The van der Waals surface area contributed by atoms with E-state index < -0.39 is 0 Å². The standard InChI is InChI=1S/C16H30N2O2/c1-3-4-5-6-7-9-12-17-16(20)15-11-8-10-13-18(15)14(2)19/h15H,3-13H2,1-2H3,(H,17,20)/t15-/m0/s1. The molecule has 1 atom stereocenters. The summed E-state index contributed by atoms with van der Waals surface area (Å²) in [7, 11) is 0. The van der Waals surface area contributed by atoms with E-state index in [1.54, 1.807) is 11.8 Å². The highest BCUT2D eigenvalue weighted by atomic mass is 16.2. The lowest BCUT2D eigenvalue weighted by atomic mass is 10.0. The zero-order valence-corrected chi connectivity index (χ0v) is 13.1. The van der Waals surface area contributed by atoms with Crippen molar-refractivity contribution in [3.8, 4) is 0 Å². The molecule has 0 saturated carbocycles. The van der Waals surface area contributed by atoms with Crippen LogP contribution in [-0.4, -0.2) is 35.8 Å². The van der Waals surface area contributed by atoms with Gasteiger partial charge in [-0.25, -0.2) is 0 Å². The van der Waals surface area contributed by atoms with Gasteiger partial charge >= 0.3 is 0 Å². The van der Waals surface area contributed by atoms with Gasteiger partial charge in [-0.1, -0.05) is 39.0 Å². The highest BCUT2D eigenvalue weighted by Gasteiger charge is 2.29. The average molecular weight is 282 g/mol. The van der Waals surface area contributed by atoms with Crippen LogP contribution < -0.4 is 5.32 Å². The van der Waals surface area contributed by atoms with Gasteiger partial charge in [0.2, 0.25) is 11.8 Å². The van der Waals surface area contributed by atoms with E-state index in [4.69, 9.17) is 0 Å². The van der Waals surface area contributed by atoms with E-state index in [1.807, 2.05) is 0 Å². The average Bonchev–Trinajstić information content (AvgIpc) is 2.46. The third-order valence-corrected chi connectivity index (χ3v) is 4.04. The van der Waals surface area contributed by atoms with Crippen molar-refractivity contribution in [2.45, 2.75) is 77.7 Å². The molecule has 20 heavy (non-hydrogen) atoms. The summed E-state index contributed by atoms with van der Waals surface area (Å²) >= 11 is 0. The van der Waals surface area contributed by atoms with E-state index in [0.717, 1.165) is 38.8 Å². The van der Waals surface area contributed by atoms with Gasteiger partial charge in [0.15, 0.2) is 0 Å². The van der Waals surface area contributed by atoms with Gasteiger partial charge in [0, 0.05) is 20.0 Å². The first-order chi connectivity index (χ1) is 9.66. The maximum absolute atomic E-state index is 12.1. The number of hydrogen-bond donors (Lipinski definition) is 1. The zero-order chi connectivity index (χ0) is 14.8. The zero-order valence-electron chi connectivity index (χ0n) is 13.1. The minimum Gasteiger partial charge on any atom is -0.354 e. The van der Waals surface area contributed by atoms with Crippen molar-refractivity contribution in [3.63, 3.8) is 0 Å². The number of nitrogens with one attached hydrogen (secondary N) is 1. The first-order valence-electron chi connectivity index (χ1n) is 8.21. The molecule has 116 valence electrons. The normalized spacial score (nSPS) is 18.9. The molecule has 2 amide bonds. The smallest absolute Gasteiger partial charge is 0.242 e. The van der Waals surface area contributed by atoms with Crippen LogP contribution >= 0.6 is 0 Å². The molecule has 1 rings (SSSR count). The number of unbranched alkanes of at least 4 members (excludes halogenated alkanes) is 5. The molecule has 1 N–H and O–H groups in total. The highest BCUT2D eigenvalue weighted by molar-refractivity contribution is 5.87. The lowest BCUT2D eigenvalue weighted by Gasteiger charge is -2.33. The van der Waals surface area contributed by atoms with Gasteiger partial charge in [-0.3, -0.25) is 9.59 Å². The SMILES string of the molecule is CCCCCCCCNC(=O)[C@@H]1CCCCN1C(C)=O. The Labute approximate surface area is 123 Å². The Hall–Kier alpha value is -1.06. The van der Waals surface area contributed by atoms with Crippen molar-refractivity contribution in [2.24, 2.45) is 0 Å². The summed E-state index contributed by atoms with van der Waals surface area (Å²) in [5, 5.41) is 3.00. The molecule has 0 aromatic carbocycles. The molecule has 0 spiro atoms. The van der Waals surface area contributed by atoms with E-state index in [0.29, 0.717) is 0 Å². The lowest BCUT2D eigenvalue weighted by Crippen LogP contribution is -2.51. The van der Waals surface area contributed by atoms with Crippen LogP contribution in [0.25, 0.3) is 0 Å². The molecule has 1 aliphatic heterocycles. The molecule has 1 aliphatic rings. The van der Waals surface area contributed by atoms with E-state index in [1.165, 1.54) is 32.1 Å². The maximum Gasteiger partial charge on any atom is 0.242 e. The summed E-state index contributed by atoms with van der Waals surface area (Å²) in [5.74, 6) is 0.0536. The van der Waals surface area contributed by atoms with Crippen molar-refractivity contribution in [3.05, 3.63) is 0 Å². The lowest BCUT2D eigenvalue weighted by molar-refractivity contribution is -0.140. The minimum absolute atomic E-state index is 0.0180. The minimum atomic E-state index is -0.235. The fraction of sp³-hybridized carbons (Fsp3) is 0.875. The van der Waals surface area contributed by atoms with Crippen molar-refractivity contribution in [1.82, 2.24) is 10.2 Å². The largest absolute Gasteiger partial charge is 0.354 e. The van der Waals surface area contributed by atoms with Crippen LogP contribution in [-0.2, 0) is 9.59 Å². The van der Waals surface area contributed by atoms with Crippen molar-refractivity contribution in [2.75, 3.05) is 13.1 Å². The van der Waals surface area contributed by atoms with Crippen molar-refractivity contribution >= 4 is 11.8 Å². The van der Waals surface area contributed by atoms with Crippen LogP contribution in [0.3, 0.4) is 0 Å². The molecular weight excluding hydrogens is 252 g/mol. The highest BCUT2D eigenvalue weighted by Crippen LogP contribution is 2.17. The molecule has 1 saturated heterocycles. The van der Waals surface area contributed by atoms with Crippen LogP contribution in [0.4, 0.5) is 0 Å². The van der Waals surface area contributed by atoms with Gasteiger partial charge in [0.05, 0.1) is 0 Å². The van der Waals surface area contributed by atoms with Crippen molar-refractivity contribution in [1.29, 1.82) is 0 Å². The molecule has 1 fully saturated rings. The predicted octanol–water partition coefficient (Wildman–Crippen LogP) is 2.86. The Kier molecular flexibility index (Phi) is 8.31. The fourth-order valence-corrected chi connectivity index (χ4v) is 2.82. The van der Waals surface area contributed by atoms with Gasteiger partial charge in [0.25, 0.3) is 0 Å². The van der Waals surface area contributed by atoms with Crippen LogP contribution in [0, 0.1) is 0 Å². The van der Waals surface area contributed by atoms with Gasteiger partial charge in [-0.15, -0.1) is 0 Å². The number of carbonyl (C=O) groups excluding carboxylic acids is 2. The van der Waals surface area contributed by atoms with Crippen molar-refractivity contribution < 1.29 is 9.59 Å². The molecule has 0 aliphatic carbocycles. The molecule has 0 aromatic heterocycles. The Morgan fingerprint density at radius 2 is 1.80 bits per heavy atom. The summed E-state index contributed by atoms with van der Waals surface area (Å²) in [6, 6.07) is -0.235. The first-order valence-corrected chi connectivity index (χ1v) is 8.21. The second-order valence-corrected chi connectivity index (χ2v) is 5.78. The van der Waals surface area contributed by atoms with Gasteiger partial charge in [-0.05, 0) is 25.7 Å². The fourth-order valence-electron chi connectivity index (χ4n) is 2.82. The molecule has 0 unspecified atom stereocenters. The van der Waals surface area contributed by atoms with E-state index >= 15 is 0 Å². The summed E-state index contributed by atoms with van der Waals surface area (Å²) in [6.07, 6.45) is 10.2. The number of carbonyl (C=O) groups is 2. The van der Waals surface area contributed by atoms with E-state index in [2.05, 4.69) is 12.2 Å². The second-order valence-electron chi connectivity index (χ2n) is 5.78. The molecule has 0 aromatic rings. The first kappa shape index (κ1) is 17.0. The van der Waals surface area contributed by atoms with Crippen LogP contribution in [0.2, 0.25) is 0 Å². The number of nitrogens with zero attached hydrogens (tertiary/aromatic N) is 1. The maximum atomic E-state index is 12.1. The molecular formula is C16H30N2O2. The van der Waals surface area contributed by atoms with Crippen LogP contribution in [0.5, 0.6) is 0 Å².